The standard InChI is InChI=1S/C14H16F3N3O/c1-9(18-3)8-20(4)13-6-11(14(15,16)17)5-12(7-13)19-10(2)21/h5-8H,3H2,1-2,4H3,(H,19,21). The SMILES string of the molecule is C=NC(C)=CN(C)c1cc(NC(C)=O)cc(C(F)(F)F)c1. The Labute approximate surface area is 121 Å². The van der Waals surface area contributed by atoms with Crippen molar-refractivity contribution in [1.29, 1.82) is 0 Å². The molecule has 0 aliphatic carbocycles. The van der Waals surface area contributed by atoms with Crippen molar-refractivity contribution in [3.63, 3.8) is 0 Å². The number of allylic oxidation sites excluding steroid dienone is 1. The number of alkyl halides is 3. The van der Waals surface area contributed by atoms with Crippen molar-refractivity contribution in [2.45, 2.75) is 20.0 Å². The Balaban J connectivity index is 3.30. The van der Waals surface area contributed by atoms with E-state index in [-0.39, 0.29) is 11.4 Å². The van der Waals surface area contributed by atoms with Gasteiger partial charge in [-0.25, -0.2) is 0 Å². The van der Waals surface area contributed by atoms with E-state index in [1.54, 1.807) is 20.2 Å². The van der Waals surface area contributed by atoms with Crippen LogP contribution in [0.15, 0.2) is 35.1 Å². The zero-order valence-electron chi connectivity index (χ0n) is 12.0. The average Bonchev–Trinajstić information content (AvgIpc) is 2.36. The molecule has 0 bridgehead atoms. The van der Waals surface area contributed by atoms with Crippen LogP contribution in [0.1, 0.15) is 19.4 Å². The molecule has 0 aromatic heterocycles. The quantitative estimate of drug-likeness (QED) is 0.862. The van der Waals surface area contributed by atoms with E-state index in [0.717, 1.165) is 12.1 Å². The summed E-state index contributed by atoms with van der Waals surface area (Å²) in [5.41, 5.74) is 0.0672. The van der Waals surface area contributed by atoms with Gasteiger partial charge in [-0.15, -0.1) is 0 Å². The lowest BCUT2D eigenvalue weighted by molar-refractivity contribution is -0.137. The first-order valence-electron chi connectivity index (χ1n) is 6.01. The number of nitrogens with one attached hydrogen (secondary N) is 1. The maximum absolute atomic E-state index is 12.9. The van der Waals surface area contributed by atoms with E-state index in [1.165, 1.54) is 17.9 Å². The molecule has 1 amide bonds. The van der Waals surface area contributed by atoms with Gasteiger partial charge in [-0.1, -0.05) is 0 Å². The molecule has 4 nitrogen and oxygen atoms in total. The van der Waals surface area contributed by atoms with Crippen LogP contribution < -0.4 is 10.2 Å². The second-order valence-corrected chi connectivity index (χ2v) is 4.49. The molecule has 0 saturated heterocycles. The van der Waals surface area contributed by atoms with Gasteiger partial charge in [0.2, 0.25) is 5.91 Å². The van der Waals surface area contributed by atoms with Crippen LogP contribution in [0.4, 0.5) is 24.5 Å². The molecule has 0 aliphatic heterocycles. The maximum atomic E-state index is 12.9. The number of benzene rings is 1. The van der Waals surface area contributed by atoms with E-state index in [0.29, 0.717) is 5.70 Å². The van der Waals surface area contributed by atoms with Gasteiger partial charge in [0.25, 0.3) is 0 Å². The van der Waals surface area contributed by atoms with Gasteiger partial charge in [0.1, 0.15) is 0 Å². The lowest BCUT2D eigenvalue weighted by atomic mass is 10.1. The number of hydrogen-bond donors (Lipinski definition) is 1. The van der Waals surface area contributed by atoms with Crippen molar-refractivity contribution in [2.24, 2.45) is 4.99 Å². The summed E-state index contributed by atoms with van der Waals surface area (Å²) in [4.78, 5) is 16.2. The van der Waals surface area contributed by atoms with E-state index in [2.05, 4.69) is 17.0 Å². The van der Waals surface area contributed by atoms with Crippen LogP contribution in [0.3, 0.4) is 0 Å². The minimum Gasteiger partial charge on any atom is -0.349 e. The van der Waals surface area contributed by atoms with Gasteiger partial charge in [-0.05, 0) is 31.8 Å². The van der Waals surface area contributed by atoms with Crippen molar-refractivity contribution in [3.8, 4) is 0 Å². The first-order chi connectivity index (χ1) is 9.63. The van der Waals surface area contributed by atoms with E-state index >= 15 is 0 Å². The highest BCUT2D eigenvalue weighted by molar-refractivity contribution is 5.89. The van der Waals surface area contributed by atoms with E-state index in [9.17, 15) is 18.0 Å². The summed E-state index contributed by atoms with van der Waals surface area (Å²) >= 11 is 0. The molecule has 7 heteroatoms. The molecule has 1 aromatic carbocycles. The molecule has 0 saturated carbocycles. The fourth-order valence-corrected chi connectivity index (χ4v) is 1.65. The minimum atomic E-state index is -4.50. The van der Waals surface area contributed by atoms with Gasteiger partial charge in [-0.2, -0.15) is 13.2 Å². The first kappa shape index (κ1) is 16.7. The van der Waals surface area contributed by atoms with Gasteiger partial charge in [0.05, 0.1) is 11.3 Å². The Hall–Kier alpha value is -2.31. The fraction of sp³-hybridized carbons (Fsp3) is 0.286. The lowest BCUT2D eigenvalue weighted by Crippen LogP contribution is -2.14. The molecule has 21 heavy (non-hydrogen) atoms. The van der Waals surface area contributed by atoms with Crippen molar-refractivity contribution in [2.75, 3.05) is 17.3 Å². The van der Waals surface area contributed by atoms with Gasteiger partial charge >= 0.3 is 6.18 Å². The van der Waals surface area contributed by atoms with Crippen LogP contribution in [0, 0.1) is 0 Å². The Morgan fingerprint density at radius 3 is 2.43 bits per heavy atom. The zero-order valence-corrected chi connectivity index (χ0v) is 12.0. The van der Waals surface area contributed by atoms with Gasteiger partial charge in [0.15, 0.2) is 0 Å². The van der Waals surface area contributed by atoms with Crippen molar-refractivity contribution in [3.05, 3.63) is 35.7 Å². The molecule has 0 atom stereocenters. The topological polar surface area (TPSA) is 44.7 Å². The van der Waals surface area contributed by atoms with Crippen LogP contribution in [0.5, 0.6) is 0 Å². The molecule has 0 spiro atoms. The summed E-state index contributed by atoms with van der Waals surface area (Å²) in [5, 5.41) is 2.36. The number of halogens is 3. The van der Waals surface area contributed by atoms with Crippen molar-refractivity contribution in [1.82, 2.24) is 0 Å². The van der Waals surface area contributed by atoms with Crippen LogP contribution in [-0.2, 0) is 11.0 Å². The molecule has 114 valence electrons. The second-order valence-electron chi connectivity index (χ2n) is 4.49. The largest absolute Gasteiger partial charge is 0.416 e. The molecule has 1 N–H and O–H groups in total. The Morgan fingerprint density at radius 2 is 1.95 bits per heavy atom. The molecule has 0 fully saturated rings. The average molecular weight is 299 g/mol. The summed E-state index contributed by atoms with van der Waals surface area (Å²) in [6.45, 7) is 6.24. The summed E-state index contributed by atoms with van der Waals surface area (Å²) in [6.07, 6.45) is -2.96. The third kappa shape index (κ3) is 4.94. The molecule has 1 rings (SSSR count). The summed E-state index contributed by atoms with van der Waals surface area (Å²) in [7, 11) is 1.59. The van der Waals surface area contributed by atoms with Crippen LogP contribution in [0.2, 0.25) is 0 Å². The van der Waals surface area contributed by atoms with E-state index in [4.69, 9.17) is 0 Å². The highest BCUT2D eigenvalue weighted by Crippen LogP contribution is 2.34. The summed E-state index contributed by atoms with van der Waals surface area (Å²) < 4.78 is 38.7. The number of amides is 1. The Morgan fingerprint density at radius 1 is 1.33 bits per heavy atom. The van der Waals surface area contributed by atoms with Gasteiger partial charge in [0, 0.05) is 31.5 Å². The highest BCUT2D eigenvalue weighted by atomic mass is 19.4. The highest BCUT2D eigenvalue weighted by Gasteiger charge is 2.31. The molecular weight excluding hydrogens is 283 g/mol. The van der Waals surface area contributed by atoms with E-state index < -0.39 is 17.6 Å². The number of carbonyl (C=O) groups is 1. The normalized spacial score (nSPS) is 12.0. The molecule has 0 aliphatic rings. The molecule has 0 unspecified atom stereocenters. The smallest absolute Gasteiger partial charge is 0.349 e. The number of carbonyl (C=O) groups excluding carboxylic acids is 1. The molecular formula is C14H16F3N3O. The lowest BCUT2D eigenvalue weighted by Gasteiger charge is -2.19. The Kier molecular flexibility index (Phi) is 5.12. The third-order valence-corrected chi connectivity index (χ3v) is 2.60. The molecule has 0 heterocycles. The first-order valence-corrected chi connectivity index (χ1v) is 6.01. The van der Waals surface area contributed by atoms with Crippen LogP contribution >= 0.6 is 0 Å². The number of aliphatic imine (C=N–C) groups is 1. The number of hydrogen-bond acceptors (Lipinski definition) is 3. The number of nitrogens with zero attached hydrogens (tertiary/aromatic N) is 2. The second kappa shape index (κ2) is 6.43. The van der Waals surface area contributed by atoms with Crippen molar-refractivity contribution < 1.29 is 18.0 Å². The summed E-state index contributed by atoms with van der Waals surface area (Å²) in [5.74, 6) is -0.442. The predicted molar refractivity (Wildman–Crippen MR) is 77.5 cm³/mol. The number of anilines is 2. The predicted octanol–water partition coefficient (Wildman–Crippen LogP) is 3.66. The maximum Gasteiger partial charge on any atom is 0.416 e. The third-order valence-electron chi connectivity index (χ3n) is 2.60. The van der Waals surface area contributed by atoms with Gasteiger partial charge in [-0.3, -0.25) is 9.79 Å². The molecule has 0 radical (unpaired) electrons. The zero-order chi connectivity index (χ0) is 16.2. The Bertz CT molecular complexity index is 579. The van der Waals surface area contributed by atoms with E-state index in [1.807, 2.05) is 0 Å². The van der Waals surface area contributed by atoms with Crippen LogP contribution in [-0.4, -0.2) is 19.7 Å². The minimum absolute atomic E-state index is 0.0804. The monoisotopic (exact) mass is 299 g/mol. The fourth-order valence-electron chi connectivity index (χ4n) is 1.65. The van der Waals surface area contributed by atoms with Crippen molar-refractivity contribution >= 4 is 24.0 Å². The van der Waals surface area contributed by atoms with Crippen LogP contribution in [0.25, 0.3) is 0 Å². The molecule has 1 aromatic rings. The van der Waals surface area contributed by atoms with Gasteiger partial charge < -0.3 is 10.2 Å². The summed E-state index contributed by atoms with van der Waals surface area (Å²) in [6, 6.07) is 3.34. The number of rotatable bonds is 4.